The first-order valence-electron chi connectivity index (χ1n) is 7.04. The van der Waals surface area contributed by atoms with Gasteiger partial charge in [0.25, 0.3) is 0 Å². The van der Waals surface area contributed by atoms with E-state index in [1.807, 2.05) is 0 Å². The second-order valence-electron chi connectivity index (χ2n) is 5.55. The Labute approximate surface area is 117 Å². The first-order valence-corrected chi connectivity index (χ1v) is 7.81. The standard InChI is InChI=1S/C15H17N3S/c1-2-4-11(5-3-1)10-18(13-8-9-13)15-16-14(17-19-15)12-6-7-12/h1-5,12-13H,6-10H2. The molecule has 0 saturated heterocycles. The minimum absolute atomic E-state index is 0.655. The average molecular weight is 271 g/mol. The van der Waals surface area contributed by atoms with E-state index in [1.165, 1.54) is 31.2 Å². The van der Waals surface area contributed by atoms with Gasteiger partial charge in [-0.05, 0) is 31.2 Å². The van der Waals surface area contributed by atoms with Gasteiger partial charge in [0.05, 0.1) is 0 Å². The van der Waals surface area contributed by atoms with E-state index in [0.29, 0.717) is 12.0 Å². The van der Waals surface area contributed by atoms with Crippen LogP contribution in [0.1, 0.15) is 43.0 Å². The molecule has 1 aromatic heterocycles. The van der Waals surface area contributed by atoms with E-state index in [9.17, 15) is 0 Å². The van der Waals surface area contributed by atoms with Crippen LogP contribution < -0.4 is 4.90 Å². The van der Waals surface area contributed by atoms with Gasteiger partial charge in [-0.25, -0.2) is 4.98 Å². The number of benzene rings is 1. The molecule has 3 nitrogen and oxygen atoms in total. The van der Waals surface area contributed by atoms with E-state index in [0.717, 1.165) is 17.5 Å². The fourth-order valence-electron chi connectivity index (χ4n) is 2.37. The van der Waals surface area contributed by atoms with Crippen LogP contribution in [0.15, 0.2) is 30.3 Å². The van der Waals surface area contributed by atoms with Gasteiger partial charge in [0.15, 0.2) is 0 Å². The van der Waals surface area contributed by atoms with Crippen LogP contribution in [0.5, 0.6) is 0 Å². The molecule has 2 aliphatic carbocycles. The molecule has 4 heteroatoms. The van der Waals surface area contributed by atoms with Crippen LogP contribution in [-0.4, -0.2) is 15.4 Å². The highest BCUT2D eigenvalue weighted by molar-refractivity contribution is 7.09. The summed E-state index contributed by atoms with van der Waals surface area (Å²) in [5.41, 5.74) is 1.36. The summed E-state index contributed by atoms with van der Waals surface area (Å²) in [5, 5.41) is 1.12. The molecule has 98 valence electrons. The highest BCUT2D eigenvalue weighted by atomic mass is 32.1. The zero-order valence-electron chi connectivity index (χ0n) is 10.8. The Bertz CT molecular complexity index is 558. The SMILES string of the molecule is c1ccc(CN(c2nc(C3CC3)ns2)C2CC2)cc1. The Hall–Kier alpha value is -1.42. The van der Waals surface area contributed by atoms with Gasteiger partial charge < -0.3 is 4.90 Å². The summed E-state index contributed by atoms with van der Waals surface area (Å²) >= 11 is 1.58. The van der Waals surface area contributed by atoms with Crippen LogP contribution >= 0.6 is 11.5 Å². The molecule has 1 heterocycles. The average Bonchev–Trinajstić information content (AvgIpc) is 3.36. The van der Waals surface area contributed by atoms with Crippen molar-refractivity contribution in [2.75, 3.05) is 4.90 Å². The molecular weight excluding hydrogens is 254 g/mol. The highest BCUT2D eigenvalue weighted by Gasteiger charge is 2.33. The molecule has 1 aromatic carbocycles. The summed E-state index contributed by atoms with van der Waals surface area (Å²) in [4.78, 5) is 7.21. The van der Waals surface area contributed by atoms with Gasteiger partial charge in [0.1, 0.15) is 5.82 Å². The minimum Gasteiger partial charge on any atom is -0.340 e. The second-order valence-corrected chi connectivity index (χ2v) is 6.28. The molecule has 0 N–H and O–H groups in total. The van der Waals surface area contributed by atoms with Crippen molar-refractivity contribution in [3.8, 4) is 0 Å². The minimum atomic E-state index is 0.655. The molecule has 2 aromatic rings. The van der Waals surface area contributed by atoms with Gasteiger partial charge in [-0.15, -0.1) is 0 Å². The van der Waals surface area contributed by atoms with Crippen molar-refractivity contribution >= 4 is 16.7 Å². The smallest absolute Gasteiger partial charge is 0.205 e. The Morgan fingerprint density at radius 2 is 1.89 bits per heavy atom. The maximum atomic E-state index is 4.76. The van der Waals surface area contributed by atoms with Crippen molar-refractivity contribution in [2.24, 2.45) is 0 Å². The van der Waals surface area contributed by atoms with E-state index in [1.54, 1.807) is 11.5 Å². The quantitative estimate of drug-likeness (QED) is 0.832. The third-order valence-electron chi connectivity index (χ3n) is 3.80. The van der Waals surface area contributed by atoms with Crippen LogP contribution in [0.3, 0.4) is 0 Å². The highest BCUT2D eigenvalue weighted by Crippen LogP contribution is 2.41. The van der Waals surface area contributed by atoms with Crippen molar-refractivity contribution in [1.82, 2.24) is 9.36 Å². The monoisotopic (exact) mass is 271 g/mol. The van der Waals surface area contributed by atoms with Gasteiger partial charge in [-0.1, -0.05) is 30.3 Å². The lowest BCUT2D eigenvalue weighted by atomic mass is 10.2. The Balaban J connectivity index is 1.56. The van der Waals surface area contributed by atoms with E-state index >= 15 is 0 Å². The normalized spacial score (nSPS) is 18.5. The van der Waals surface area contributed by atoms with Crippen molar-refractivity contribution in [3.63, 3.8) is 0 Å². The fourth-order valence-corrected chi connectivity index (χ4v) is 3.19. The number of hydrogen-bond donors (Lipinski definition) is 0. The predicted molar refractivity (Wildman–Crippen MR) is 77.5 cm³/mol. The van der Waals surface area contributed by atoms with Crippen molar-refractivity contribution in [2.45, 2.75) is 44.2 Å². The van der Waals surface area contributed by atoms with Crippen molar-refractivity contribution in [1.29, 1.82) is 0 Å². The molecule has 0 bridgehead atoms. The summed E-state index contributed by atoms with van der Waals surface area (Å²) in [6, 6.07) is 11.4. The van der Waals surface area contributed by atoms with Crippen molar-refractivity contribution in [3.05, 3.63) is 41.7 Å². The fraction of sp³-hybridized carbons (Fsp3) is 0.467. The predicted octanol–water partition coefficient (Wildman–Crippen LogP) is 3.58. The largest absolute Gasteiger partial charge is 0.340 e. The van der Waals surface area contributed by atoms with Crippen LogP contribution in [0.2, 0.25) is 0 Å². The van der Waals surface area contributed by atoms with Gasteiger partial charge in [0.2, 0.25) is 5.13 Å². The zero-order chi connectivity index (χ0) is 12.7. The molecule has 19 heavy (non-hydrogen) atoms. The maximum Gasteiger partial charge on any atom is 0.205 e. The third-order valence-corrected chi connectivity index (χ3v) is 4.57. The van der Waals surface area contributed by atoms with Crippen molar-refractivity contribution < 1.29 is 0 Å². The Kier molecular flexibility index (Phi) is 2.76. The van der Waals surface area contributed by atoms with Crippen LogP contribution in [0, 0.1) is 0 Å². The molecule has 2 aliphatic rings. The Morgan fingerprint density at radius 3 is 2.58 bits per heavy atom. The summed E-state index contributed by atoms with van der Waals surface area (Å²) in [6.45, 7) is 0.963. The van der Waals surface area contributed by atoms with Gasteiger partial charge >= 0.3 is 0 Å². The van der Waals surface area contributed by atoms with E-state index < -0.39 is 0 Å². The molecular formula is C15H17N3S. The summed E-state index contributed by atoms with van der Waals surface area (Å²) in [5.74, 6) is 1.74. The number of nitrogens with zero attached hydrogens (tertiary/aromatic N) is 3. The lowest BCUT2D eigenvalue weighted by Gasteiger charge is -2.20. The molecule has 0 amide bonds. The summed E-state index contributed by atoms with van der Waals surface area (Å²) < 4.78 is 4.54. The molecule has 0 aliphatic heterocycles. The Morgan fingerprint density at radius 1 is 1.11 bits per heavy atom. The number of hydrogen-bond acceptors (Lipinski definition) is 4. The molecule has 2 fully saturated rings. The number of rotatable bonds is 5. The van der Waals surface area contributed by atoms with Gasteiger partial charge in [0, 0.05) is 30.0 Å². The van der Waals surface area contributed by atoms with Gasteiger partial charge in [-0.2, -0.15) is 4.37 Å². The maximum absolute atomic E-state index is 4.76. The van der Waals surface area contributed by atoms with Crippen LogP contribution in [0.4, 0.5) is 5.13 Å². The molecule has 0 unspecified atom stereocenters. The van der Waals surface area contributed by atoms with E-state index in [4.69, 9.17) is 4.98 Å². The lowest BCUT2D eigenvalue weighted by molar-refractivity contribution is 0.784. The number of aromatic nitrogens is 2. The van der Waals surface area contributed by atoms with Crippen LogP contribution in [-0.2, 0) is 6.54 Å². The van der Waals surface area contributed by atoms with E-state index in [-0.39, 0.29) is 0 Å². The molecule has 0 spiro atoms. The molecule has 0 radical (unpaired) electrons. The summed E-state index contributed by atoms with van der Waals surface area (Å²) in [7, 11) is 0. The topological polar surface area (TPSA) is 29.0 Å². The third kappa shape index (κ3) is 2.50. The first-order chi connectivity index (χ1) is 9.40. The first kappa shape index (κ1) is 11.4. The van der Waals surface area contributed by atoms with Crippen LogP contribution in [0.25, 0.3) is 0 Å². The second kappa shape index (κ2) is 4.60. The molecule has 4 rings (SSSR count). The number of anilines is 1. The zero-order valence-corrected chi connectivity index (χ0v) is 11.6. The van der Waals surface area contributed by atoms with Gasteiger partial charge in [-0.3, -0.25) is 0 Å². The lowest BCUT2D eigenvalue weighted by Crippen LogP contribution is -2.24. The van der Waals surface area contributed by atoms with E-state index in [2.05, 4.69) is 39.6 Å². The summed E-state index contributed by atoms with van der Waals surface area (Å²) in [6.07, 6.45) is 5.15. The molecule has 2 saturated carbocycles. The molecule has 0 atom stereocenters.